The van der Waals surface area contributed by atoms with Crippen molar-refractivity contribution in [1.29, 1.82) is 5.26 Å². The third-order valence-corrected chi connectivity index (χ3v) is 3.26. The molecule has 1 aliphatic rings. The molecule has 0 atom stereocenters. The molecule has 0 fully saturated rings. The first-order valence-corrected chi connectivity index (χ1v) is 6.48. The molecular weight excluding hydrogens is 255 g/mol. The van der Waals surface area contributed by atoms with Crippen LogP contribution in [0.1, 0.15) is 12.0 Å². The second-order valence-electron chi connectivity index (χ2n) is 4.63. The summed E-state index contributed by atoms with van der Waals surface area (Å²) in [6.07, 6.45) is 0.840. The molecule has 1 heterocycles. The molecule has 0 bridgehead atoms. The lowest BCUT2D eigenvalue weighted by atomic mass is 10.1. The van der Waals surface area contributed by atoms with Crippen LogP contribution < -0.4 is 9.64 Å². The van der Waals surface area contributed by atoms with Crippen LogP contribution in [-0.2, 0) is 0 Å². The Morgan fingerprint density at radius 3 is 2.90 bits per heavy atom. The van der Waals surface area contributed by atoms with Gasteiger partial charge in [-0.15, -0.1) is 0 Å². The van der Waals surface area contributed by atoms with Crippen LogP contribution >= 0.6 is 0 Å². The van der Waals surface area contributed by atoms with Crippen molar-refractivity contribution in [3.05, 3.63) is 53.8 Å². The molecule has 0 aliphatic carbocycles. The van der Waals surface area contributed by atoms with E-state index in [0.717, 1.165) is 24.4 Å². The zero-order chi connectivity index (χ0) is 13.9. The average Bonchev–Trinajstić information content (AvgIpc) is 2.69. The lowest BCUT2D eigenvalue weighted by molar-refractivity contribution is 0.322. The Hall–Kier alpha value is -2.54. The first-order valence-electron chi connectivity index (χ1n) is 6.48. The van der Waals surface area contributed by atoms with E-state index in [9.17, 15) is 4.39 Å². The van der Waals surface area contributed by atoms with E-state index >= 15 is 0 Å². The molecule has 0 aromatic heterocycles. The van der Waals surface area contributed by atoms with Crippen LogP contribution in [0.4, 0.5) is 15.8 Å². The van der Waals surface area contributed by atoms with Gasteiger partial charge in [0.25, 0.3) is 0 Å². The number of para-hydroxylation sites is 2. The van der Waals surface area contributed by atoms with Crippen molar-refractivity contribution in [2.45, 2.75) is 6.42 Å². The summed E-state index contributed by atoms with van der Waals surface area (Å²) in [4.78, 5) is 1.99. The standard InChI is InChI=1S/C16H13FN2O/c17-13-8-12(11-18)9-14(10-13)19-6-3-7-20-16-5-2-1-4-15(16)19/h1-2,4-5,8-10H,3,6-7H2. The second-order valence-corrected chi connectivity index (χ2v) is 4.63. The molecule has 0 N–H and O–H groups in total. The zero-order valence-corrected chi connectivity index (χ0v) is 10.8. The fourth-order valence-corrected chi connectivity index (χ4v) is 2.39. The molecule has 0 unspecified atom stereocenters. The fraction of sp³-hybridized carbons (Fsp3) is 0.188. The fourth-order valence-electron chi connectivity index (χ4n) is 2.39. The zero-order valence-electron chi connectivity index (χ0n) is 10.8. The number of fused-ring (bicyclic) bond motifs is 1. The van der Waals surface area contributed by atoms with E-state index in [2.05, 4.69) is 0 Å². The minimum absolute atomic E-state index is 0.322. The van der Waals surface area contributed by atoms with Crippen LogP contribution in [0, 0.1) is 17.1 Å². The van der Waals surface area contributed by atoms with Crippen molar-refractivity contribution in [2.24, 2.45) is 0 Å². The first-order chi connectivity index (χ1) is 9.78. The van der Waals surface area contributed by atoms with Gasteiger partial charge in [0.2, 0.25) is 0 Å². The summed E-state index contributed by atoms with van der Waals surface area (Å²) in [5.74, 6) is 0.384. The van der Waals surface area contributed by atoms with Crippen molar-refractivity contribution in [2.75, 3.05) is 18.1 Å². The lowest BCUT2D eigenvalue weighted by Gasteiger charge is -2.24. The number of ether oxygens (including phenoxy) is 1. The van der Waals surface area contributed by atoms with Gasteiger partial charge in [0.05, 0.1) is 23.9 Å². The molecule has 1 aliphatic heterocycles. The minimum atomic E-state index is -0.401. The maximum absolute atomic E-state index is 13.6. The summed E-state index contributed by atoms with van der Waals surface area (Å²) in [6.45, 7) is 1.36. The summed E-state index contributed by atoms with van der Waals surface area (Å²) in [5, 5.41) is 8.98. The van der Waals surface area contributed by atoms with Gasteiger partial charge in [0.15, 0.2) is 0 Å². The molecule has 3 rings (SSSR count). The Bertz CT molecular complexity index is 678. The van der Waals surface area contributed by atoms with Crippen molar-refractivity contribution in [3.8, 4) is 11.8 Å². The Kier molecular flexibility index (Phi) is 3.26. The maximum Gasteiger partial charge on any atom is 0.142 e. The van der Waals surface area contributed by atoms with Gasteiger partial charge >= 0.3 is 0 Å². The summed E-state index contributed by atoms with van der Waals surface area (Å²) in [5.41, 5.74) is 1.90. The topological polar surface area (TPSA) is 36.3 Å². The van der Waals surface area contributed by atoms with E-state index in [-0.39, 0.29) is 0 Å². The number of benzene rings is 2. The Labute approximate surface area is 116 Å². The summed E-state index contributed by atoms with van der Waals surface area (Å²) in [6, 6.07) is 14.1. The Morgan fingerprint density at radius 2 is 2.05 bits per heavy atom. The summed E-state index contributed by atoms with van der Waals surface area (Å²) < 4.78 is 19.3. The van der Waals surface area contributed by atoms with Crippen molar-refractivity contribution < 1.29 is 9.13 Å². The van der Waals surface area contributed by atoms with E-state index in [1.165, 1.54) is 12.1 Å². The third-order valence-electron chi connectivity index (χ3n) is 3.26. The monoisotopic (exact) mass is 268 g/mol. The molecule has 2 aromatic rings. The minimum Gasteiger partial charge on any atom is -0.491 e. The Morgan fingerprint density at radius 1 is 1.20 bits per heavy atom. The Balaban J connectivity index is 2.10. The molecule has 0 saturated carbocycles. The quantitative estimate of drug-likeness (QED) is 0.792. The van der Waals surface area contributed by atoms with Gasteiger partial charge < -0.3 is 9.64 Å². The van der Waals surface area contributed by atoms with Gasteiger partial charge in [-0.3, -0.25) is 0 Å². The number of nitrogens with zero attached hydrogens (tertiary/aromatic N) is 2. The van der Waals surface area contributed by atoms with E-state index < -0.39 is 5.82 Å². The summed E-state index contributed by atoms with van der Waals surface area (Å²) >= 11 is 0. The van der Waals surface area contributed by atoms with E-state index in [1.54, 1.807) is 6.07 Å². The highest BCUT2D eigenvalue weighted by atomic mass is 19.1. The first kappa shape index (κ1) is 12.5. The number of anilines is 2. The van der Waals surface area contributed by atoms with Crippen molar-refractivity contribution in [1.82, 2.24) is 0 Å². The van der Waals surface area contributed by atoms with Crippen LogP contribution in [0.15, 0.2) is 42.5 Å². The molecule has 0 spiro atoms. The van der Waals surface area contributed by atoms with Crippen LogP contribution in [-0.4, -0.2) is 13.2 Å². The number of hydrogen-bond donors (Lipinski definition) is 0. The van der Waals surface area contributed by atoms with E-state index in [0.29, 0.717) is 17.9 Å². The number of halogens is 1. The predicted molar refractivity (Wildman–Crippen MR) is 74.7 cm³/mol. The van der Waals surface area contributed by atoms with Gasteiger partial charge in [-0.2, -0.15) is 5.26 Å². The highest BCUT2D eigenvalue weighted by Gasteiger charge is 2.18. The number of rotatable bonds is 1. The van der Waals surface area contributed by atoms with Gasteiger partial charge in [0.1, 0.15) is 11.6 Å². The smallest absolute Gasteiger partial charge is 0.142 e. The number of nitriles is 1. The molecule has 2 aromatic carbocycles. The molecule has 0 radical (unpaired) electrons. The largest absolute Gasteiger partial charge is 0.491 e. The highest BCUT2D eigenvalue weighted by molar-refractivity contribution is 5.70. The van der Waals surface area contributed by atoms with E-state index in [1.807, 2.05) is 35.2 Å². The van der Waals surface area contributed by atoms with Gasteiger partial charge in [-0.05, 0) is 36.8 Å². The van der Waals surface area contributed by atoms with Gasteiger partial charge in [0, 0.05) is 12.2 Å². The van der Waals surface area contributed by atoms with Crippen LogP contribution in [0.2, 0.25) is 0 Å². The number of hydrogen-bond acceptors (Lipinski definition) is 3. The molecule has 0 amide bonds. The van der Waals surface area contributed by atoms with Gasteiger partial charge in [-0.25, -0.2) is 4.39 Å². The molecule has 20 heavy (non-hydrogen) atoms. The van der Waals surface area contributed by atoms with E-state index in [4.69, 9.17) is 10.00 Å². The molecule has 100 valence electrons. The maximum atomic E-state index is 13.6. The molecule has 0 saturated heterocycles. The highest BCUT2D eigenvalue weighted by Crippen LogP contribution is 2.36. The predicted octanol–water partition coefficient (Wildman–Crippen LogP) is 3.62. The molecule has 3 nitrogen and oxygen atoms in total. The van der Waals surface area contributed by atoms with Crippen LogP contribution in [0.3, 0.4) is 0 Å². The third kappa shape index (κ3) is 2.30. The van der Waals surface area contributed by atoms with Crippen LogP contribution in [0.5, 0.6) is 5.75 Å². The summed E-state index contributed by atoms with van der Waals surface area (Å²) in [7, 11) is 0. The lowest BCUT2D eigenvalue weighted by Crippen LogP contribution is -2.17. The molecule has 4 heteroatoms. The normalized spacial score (nSPS) is 13.9. The SMILES string of the molecule is N#Cc1cc(F)cc(N2CCCOc3ccccc32)c1. The average molecular weight is 268 g/mol. The second kappa shape index (κ2) is 5.22. The van der Waals surface area contributed by atoms with Crippen molar-refractivity contribution in [3.63, 3.8) is 0 Å². The van der Waals surface area contributed by atoms with Crippen molar-refractivity contribution >= 4 is 11.4 Å². The van der Waals surface area contributed by atoms with Crippen LogP contribution in [0.25, 0.3) is 0 Å². The van der Waals surface area contributed by atoms with Gasteiger partial charge in [-0.1, -0.05) is 12.1 Å². The molecular formula is C16H13FN2O.